The summed E-state index contributed by atoms with van der Waals surface area (Å²) >= 11 is 0. The molecule has 0 N–H and O–H groups in total. The summed E-state index contributed by atoms with van der Waals surface area (Å²) in [6.45, 7) is 24.6. The summed E-state index contributed by atoms with van der Waals surface area (Å²) in [4.78, 5) is 0. The third-order valence-electron chi connectivity index (χ3n) is 5.92. The van der Waals surface area contributed by atoms with E-state index in [0.717, 1.165) is 35.5 Å². The van der Waals surface area contributed by atoms with Crippen molar-refractivity contribution in [2.45, 2.75) is 69.2 Å². The molecule has 1 aliphatic carbocycles. The Morgan fingerprint density at radius 2 is 0.611 bits per heavy atom. The molecular formula is C18H36. The van der Waals surface area contributed by atoms with Crippen LogP contribution in [0.3, 0.4) is 0 Å². The Bertz CT molecular complexity index is 229. The molecule has 4 unspecified atom stereocenters. The van der Waals surface area contributed by atoms with Gasteiger partial charge in [0.1, 0.15) is 0 Å². The summed E-state index contributed by atoms with van der Waals surface area (Å²) < 4.78 is 0. The van der Waals surface area contributed by atoms with Gasteiger partial charge in [0, 0.05) is 0 Å². The SMILES string of the molecule is CC1C(C)C(C(C)(C)C)C(C)C(C)C1C(C)(C)C. The van der Waals surface area contributed by atoms with Crippen molar-refractivity contribution in [3.63, 3.8) is 0 Å². The van der Waals surface area contributed by atoms with Crippen LogP contribution in [0.5, 0.6) is 0 Å². The summed E-state index contributed by atoms with van der Waals surface area (Å²) in [5, 5.41) is 0. The zero-order valence-corrected chi connectivity index (χ0v) is 14.5. The summed E-state index contributed by atoms with van der Waals surface area (Å²) in [5.41, 5.74) is 0.869. The Labute approximate surface area is 116 Å². The molecule has 0 aliphatic heterocycles. The molecule has 0 bridgehead atoms. The quantitative estimate of drug-likeness (QED) is 0.506. The van der Waals surface area contributed by atoms with Crippen molar-refractivity contribution >= 4 is 0 Å². The molecule has 108 valence electrons. The van der Waals surface area contributed by atoms with E-state index in [1.54, 1.807) is 0 Å². The fourth-order valence-electron chi connectivity index (χ4n) is 5.42. The minimum Gasteiger partial charge on any atom is -0.0619 e. The summed E-state index contributed by atoms with van der Waals surface area (Å²) in [6, 6.07) is 0. The van der Waals surface area contributed by atoms with Gasteiger partial charge in [-0.25, -0.2) is 0 Å². The van der Waals surface area contributed by atoms with Crippen LogP contribution < -0.4 is 0 Å². The average molecular weight is 252 g/mol. The second kappa shape index (κ2) is 4.84. The van der Waals surface area contributed by atoms with E-state index in [2.05, 4.69) is 69.2 Å². The van der Waals surface area contributed by atoms with Crippen molar-refractivity contribution in [1.29, 1.82) is 0 Å². The van der Waals surface area contributed by atoms with Gasteiger partial charge in [-0.05, 0) is 46.3 Å². The standard InChI is InChI=1S/C18H36/c1-11-12(2)16(18(8,9)10)14(4)13(3)15(11)17(5,6)7/h11-16H,1-10H3. The molecule has 1 aliphatic rings. The summed E-state index contributed by atoms with van der Waals surface area (Å²) in [5.74, 6) is 5.03. The van der Waals surface area contributed by atoms with Gasteiger partial charge in [-0.15, -0.1) is 0 Å². The van der Waals surface area contributed by atoms with Crippen LogP contribution in [0.4, 0.5) is 0 Å². The molecule has 0 aromatic heterocycles. The Hall–Kier alpha value is 0. The zero-order chi connectivity index (χ0) is 14.5. The highest BCUT2D eigenvalue weighted by Crippen LogP contribution is 2.56. The first-order chi connectivity index (χ1) is 7.89. The predicted octanol–water partition coefficient (Wildman–Crippen LogP) is 5.87. The molecule has 0 spiro atoms. The highest BCUT2D eigenvalue weighted by Gasteiger charge is 2.50. The Kier molecular flexibility index (Phi) is 4.31. The molecule has 0 amide bonds. The second-order valence-electron chi connectivity index (χ2n) is 9.22. The van der Waals surface area contributed by atoms with E-state index in [1.165, 1.54) is 0 Å². The lowest BCUT2D eigenvalue weighted by molar-refractivity contribution is -0.0794. The summed E-state index contributed by atoms with van der Waals surface area (Å²) in [6.07, 6.45) is 0. The van der Waals surface area contributed by atoms with Gasteiger partial charge in [0.25, 0.3) is 0 Å². The van der Waals surface area contributed by atoms with Crippen LogP contribution in [0, 0.1) is 46.3 Å². The average Bonchev–Trinajstić information content (AvgIpc) is 2.10. The van der Waals surface area contributed by atoms with E-state index in [-0.39, 0.29) is 0 Å². The normalized spacial score (nSPS) is 43.0. The van der Waals surface area contributed by atoms with Crippen molar-refractivity contribution in [3.8, 4) is 0 Å². The molecule has 0 radical (unpaired) electrons. The van der Waals surface area contributed by atoms with Crippen LogP contribution in [0.25, 0.3) is 0 Å². The number of hydrogen-bond acceptors (Lipinski definition) is 0. The first kappa shape index (κ1) is 16.1. The van der Waals surface area contributed by atoms with Gasteiger partial charge in [-0.2, -0.15) is 0 Å². The maximum atomic E-state index is 2.50. The van der Waals surface area contributed by atoms with Gasteiger partial charge >= 0.3 is 0 Å². The first-order valence-corrected chi connectivity index (χ1v) is 7.89. The van der Waals surface area contributed by atoms with Gasteiger partial charge in [0.05, 0.1) is 0 Å². The Morgan fingerprint density at radius 3 is 0.722 bits per heavy atom. The van der Waals surface area contributed by atoms with E-state index in [4.69, 9.17) is 0 Å². The van der Waals surface area contributed by atoms with Crippen LogP contribution >= 0.6 is 0 Å². The molecule has 0 nitrogen and oxygen atoms in total. The molecule has 0 heteroatoms. The lowest BCUT2D eigenvalue weighted by Crippen LogP contribution is -2.50. The van der Waals surface area contributed by atoms with Gasteiger partial charge in [-0.1, -0.05) is 69.2 Å². The lowest BCUT2D eigenvalue weighted by atomic mass is 9.49. The molecule has 4 atom stereocenters. The Morgan fingerprint density at radius 1 is 0.444 bits per heavy atom. The van der Waals surface area contributed by atoms with Crippen molar-refractivity contribution in [3.05, 3.63) is 0 Å². The Balaban J connectivity index is 3.11. The van der Waals surface area contributed by atoms with Crippen LogP contribution in [-0.2, 0) is 0 Å². The van der Waals surface area contributed by atoms with Gasteiger partial charge in [0.2, 0.25) is 0 Å². The molecule has 0 aromatic rings. The molecule has 1 rings (SSSR count). The largest absolute Gasteiger partial charge is 0.0619 e. The molecule has 18 heavy (non-hydrogen) atoms. The third-order valence-corrected chi connectivity index (χ3v) is 5.92. The highest BCUT2D eigenvalue weighted by molar-refractivity contribution is 4.98. The van der Waals surface area contributed by atoms with Crippen LogP contribution in [0.2, 0.25) is 0 Å². The van der Waals surface area contributed by atoms with E-state index < -0.39 is 0 Å². The fourth-order valence-corrected chi connectivity index (χ4v) is 5.42. The van der Waals surface area contributed by atoms with Crippen LogP contribution in [0.15, 0.2) is 0 Å². The minimum absolute atomic E-state index is 0.435. The predicted molar refractivity (Wildman–Crippen MR) is 82.5 cm³/mol. The van der Waals surface area contributed by atoms with Crippen molar-refractivity contribution in [1.82, 2.24) is 0 Å². The zero-order valence-electron chi connectivity index (χ0n) is 14.5. The third kappa shape index (κ3) is 2.78. The van der Waals surface area contributed by atoms with Crippen LogP contribution in [-0.4, -0.2) is 0 Å². The molecule has 1 saturated carbocycles. The van der Waals surface area contributed by atoms with Crippen molar-refractivity contribution < 1.29 is 0 Å². The second-order valence-corrected chi connectivity index (χ2v) is 9.22. The molecular weight excluding hydrogens is 216 g/mol. The van der Waals surface area contributed by atoms with Crippen molar-refractivity contribution in [2.24, 2.45) is 46.3 Å². The first-order valence-electron chi connectivity index (χ1n) is 7.89. The maximum Gasteiger partial charge on any atom is -0.0309 e. The highest BCUT2D eigenvalue weighted by atomic mass is 14.5. The fraction of sp³-hybridized carbons (Fsp3) is 1.00. The van der Waals surface area contributed by atoms with E-state index in [9.17, 15) is 0 Å². The van der Waals surface area contributed by atoms with Gasteiger partial charge in [-0.3, -0.25) is 0 Å². The topological polar surface area (TPSA) is 0 Å². The minimum atomic E-state index is 0.435. The molecule has 1 fully saturated rings. The van der Waals surface area contributed by atoms with Crippen molar-refractivity contribution in [2.75, 3.05) is 0 Å². The molecule has 0 aromatic carbocycles. The monoisotopic (exact) mass is 252 g/mol. The summed E-state index contributed by atoms with van der Waals surface area (Å²) in [7, 11) is 0. The van der Waals surface area contributed by atoms with E-state index in [1.807, 2.05) is 0 Å². The van der Waals surface area contributed by atoms with Crippen LogP contribution in [0.1, 0.15) is 69.2 Å². The molecule has 0 heterocycles. The number of rotatable bonds is 0. The van der Waals surface area contributed by atoms with E-state index in [0.29, 0.717) is 10.8 Å². The van der Waals surface area contributed by atoms with Gasteiger partial charge in [0.15, 0.2) is 0 Å². The smallest absolute Gasteiger partial charge is 0.0309 e. The van der Waals surface area contributed by atoms with E-state index >= 15 is 0 Å². The van der Waals surface area contributed by atoms with Gasteiger partial charge < -0.3 is 0 Å². The maximum absolute atomic E-state index is 2.50. The molecule has 0 saturated heterocycles. The lowest BCUT2D eigenvalue weighted by Gasteiger charge is -2.56. The number of hydrogen-bond donors (Lipinski definition) is 0.